The Balaban J connectivity index is 2.36. The Bertz CT molecular complexity index is 453. The topological polar surface area (TPSA) is 96.6 Å². The molecule has 0 saturated heterocycles. The molecule has 2 unspecified atom stereocenters. The molecule has 0 fully saturated rings. The van der Waals surface area contributed by atoms with Gasteiger partial charge >= 0.3 is 6.09 Å². The SMILES string of the molecule is CCn1cc(C(O)C(O)CCNC(=O)OC(C)(C)C)cn1. The van der Waals surface area contributed by atoms with Crippen molar-refractivity contribution in [2.24, 2.45) is 0 Å². The molecule has 0 aliphatic heterocycles. The number of nitrogens with one attached hydrogen (secondary N) is 1. The third-order valence-electron chi connectivity index (χ3n) is 2.79. The van der Waals surface area contributed by atoms with Crippen molar-refractivity contribution in [1.29, 1.82) is 0 Å². The summed E-state index contributed by atoms with van der Waals surface area (Å²) in [5, 5.41) is 26.5. The number of amides is 1. The number of carbonyl (C=O) groups is 1. The lowest BCUT2D eigenvalue weighted by Gasteiger charge is -2.20. The van der Waals surface area contributed by atoms with Crippen molar-refractivity contribution in [2.45, 2.75) is 58.5 Å². The lowest BCUT2D eigenvalue weighted by Crippen LogP contribution is -2.34. The zero-order valence-corrected chi connectivity index (χ0v) is 13.0. The van der Waals surface area contributed by atoms with E-state index in [0.717, 1.165) is 0 Å². The molecule has 1 aromatic heterocycles. The Kier molecular flexibility index (Phi) is 6.17. The van der Waals surface area contributed by atoms with Crippen LogP contribution in [0.5, 0.6) is 0 Å². The van der Waals surface area contributed by atoms with Gasteiger partial charge in [0, 0.05) is 24.8 Å². The molecule has 0 saturated carbocycles. The van der Waals surface area contributed by atoms with Gasteiger partial charge in [-0.3, -0.25) is 4.68 Å². The summed E-state index contributed by atoms with van der Waals surface area (Å²) in [4.78, 5) is 11.4. The zero-order chi connectivity index (χ0) is 16.0. The first-order valence-electron chi connectivity index (χ1n) is 7.08. The largest absolute Gasteiger partial charge is 0.444 e. The van der Waals surface area contributed by atoms with Crippen LogP contribution in [-0.4, -0.2) is 44.3 Å². The van der Waals surface area contributed by atoms with Crippen molar-refractivity contribution in [3.8, 4) is 0 Å². The van der Waals surface area contributed by atoms with E-state index in [1.165, 1.54) is 6.20 Å². The highest BCUT2D eigenvalue weighted by atomic mass is 16.6. The third kappa shape index (κ3) is 6.14. The number of carbonyl (C=O) groups excluding carboxylic acids is 1. The molecule has 1 heterocycles. The van der Waals surface area contributed by atoms with E-state index in [0.29, 0.717) is 12.1 Å². The summed E-state index contributed by atoms with van der Waals surface area (Å²) in [7, 11) is 0. The number of aliphatic hydroxyl groups is 2. The minimum atomic E-state index is -1.02. The molecule has 1 aromatic rings. The highest BCUT2D eigenvalue weighted by molar-refractivity contribution is 5.67. The molecule has 3 N–H and O–H groups in total. The number of hydrogen-bond acceptors (Lipinski definition) is 5. The normalized spacial score (nSPS) is 14.6. The molecule has 0 aliphatic carbocycles. The van der Waals surface area contributed by atoms with Crippen LogP contribution >= 0.6 is 0 Å². The first-order valence-corrected chi connectivity index (χ1v) is 7.08. The molecule has 0 bridgehead atoms. The van der Waals surface area contributed by atoms with Crippen LogP contribution in [0.4, 0.5) is 4.79 Å². The Morgan fingerprint density at radius 2 is 2.14 bits per heavy atom. The van der Waals surface area contributed by atoms with Crippen molar-refractivity contribution in [1.82, 2.24) is 15.1 Å². The number of alkyl carbamates (subject to hydrolysis) is 1. The van der Waals surface area contributed by atoms with Crippen molar-refractivity contribution >= 4 is 6.09 Å². The highest BCUT2D eigenvalue weighted by Crippen LogP contribution is 2.18. The third-order valence-corrected chi connectivity index (χ3v) is 2.79. The maximum absolute atomic E-state index is 11.4. The van der Waals surface area contributed by atoms with E-state index in [1.807, 2.05) is 6.92 Å². The molecule has 0 radical (unpaired) electrons. The van der Waals surface area contributed by atoms with Crippen LogP contribution < -0.4 is 5.32 Å². The first-order chi connectivity index (χ1) is 9.73. The second kappa shape index (κ2) is 7.42. The number of rotatable bonds is 6. The number of nitrogens with zero attached hydrogens (tertiary/aromatic N) is 2. The smallest absolute Gasteiger partial charge is 0.407 e. The van der Waals surface area contributed by atoms with Crippen molar-refractivity contribution in [3.05, 3.63) is 18.0 Å². The van der Waals surface area contributed by atoms with Crippen LogP contribution in [0.1, 0.15) is 45.8 Å². The summed E-state index contributed by atoms with van der Waals surface area (Å²) in [6.07, 6.45) is 0.897. The molecule has 2 atom stereocenters. The Labute approximate surface area is 124 Å². The standard InChI is InChI=1S/C14H25N3O4/c1-5-17-9-10(8-16-17)12(19)11(18)6-7-15-13(20)21-14(2,3)4/h8-9,11-12,18-19H,5-7H2,1-4H3,(H,15,20). The van der Waals surface area contributed by atoms with E-state index in [-0.39, 0.29) is 13.0 Å². The lowest BCUT2D eigenvalue weighted by molar-refractivity contribution is 0.0122. The first kappa shape index (κ1) is 17.5. The fraction of sp³-hybridized carbons (Fsp3) is 0.714. The van der Waals surface area contributed by atoms with Crippen LogP contribution in [0.25, 0.3) is 0 Å². The van der Waals surface area contributed by atoms with E-state index in [9.17, 15) is 15.0 Å². The maximum atomic E-state index is 11.4. The minimum Gasteiger partial charge on any atom is -0.444 e. The van der Waals surface area contributed by atoms with Gasteiger partial charge in [-0.15, -0.1) is 0 Å². The molecule has 120 valence electrons. The van der Waals surface area contributed by atoms with Crippen molar-refractivity contribution in [2.75, 3.05) is 6.54 Å². The number of aromatic nitrogens is 2. The Morgan fingerprint density at radius 3 is 2.67 bits per heavy atom. The molecule has 1 rings (SSSR count). The quantitative estimate of drug-likeness (QED) is 0.733. The Morgan fingerprint density at radius 1 is 1.48 bits per heavy atom. The molecule has 0 aromatic carbocycles. The summed E-state index contributed by atoms with van der Waals surface area (Å²) in [5.41, 5.74) is -0.00153. The molecule has 21 heavy (non-hydrogen) atoms. The second-order valence-corrected chi connectivity index (χ2v) is 5.86. The molecular formula is C14H25N3O4. The number of aliphatic hydroxyl groups excluding tert-OH is 2. The fourth-order valence-corrected chi connectivity index (χ4v) is 1.72. The van der Waals surface area contributed by atoms with Gasteiger partial charge in [-0.1, -0.05) is 0 Å². The average molecular weight is 299 g/mol. The van der Waals surface area contributed by atoms with E-state index in [2.05, 4.69) is 10.4 Å². The van der Waals surface area contributed by atoms with Crippen LogP contribution in [0.3, 0.4) is 0 Å². The van der Waals surface area contributed by atoms with E-state index in [4.69, 9.17) is 4.74 Å². The predicted octanol–water partition coefficient (Wildman–Crippen LogP) is 1.21. The van der Waals surface area contributed by atoms with E-state index >= 15 is 0 Å². The van der Waals surface area contributed by atoms with Gasteiger partial charge in [0.25, 0.3) is 0 Å². The van der Waals surface area contributed by atoms with Gasteiger partial charge in [0.05, 0.1) is 12.3 Å². The van der Waals surface area contributed by atoms with Gasteiger partial charge in [-0.2, -0.15) is 5.10 Å². The van der Waals surface area contributed by atoms with Crippen molar-refractivity contribution < 1.29 is 19.7 Å². The van der Waals surface area contributed by atoms with Gasteiger partial charge in [0.1, 0.15) is 11.7 Å². The summed E-state index contributed by atoms with van der Waals surface area (Å²) in [5.74, 6) is 0. The maximum Gasteiger partial charge on any atom is 0.407 e. The van der Waals surface area contributed by atoms with Gasteiger partial charge in [-0.05, 0) is 34.1 Å². The van der Waals surface area contributed by atoms with Gasteiger partial charge < -0.3 is 20.3 Å². The van der Waals surface area contributed by atoms with Gasteiger partial charge in [0.15, 0.2) is 0 Å². The van der Waals surface area contributed by atoms with Crippen molar-refractivity contribution in [3.63, 3.8) is 0 Å². The highest BCUT2D eigenvalue weighted by Gasteiger charge is 2.21. The molecule has 1 amide bonds. The fourth-order valence-electron chi connectivity index (χ4n) is 1.72. The van der Waals surface area contributed by atoms with Crippen LogP contribution in [0.15, 0.2) is 12.4 Å². The summed E-state index contributed by atoms with van der Waals surface area (Å²) < 4.78 is 6.75. The average Bonchev–Trinajstić information content (AvgIpc) is 2.84. The predicted molar refractivity (Wildman–Crippen MR) is 77.7 cm³/mol. The van der Waals surface area contributed by atoms with Gasteiger partial charge in [0.2, 0.25) is 0 Å². The minimum absolute atomic E-state index is 0.217. The second-order valence-electron chi connectivity index (χ2n) is 5.86. The van der Waals surface area contributed by atoms with E-state index in [1.54, 1.807) is 31.6 Å². The van der Waals surface area contributed by atoms with E-state index < -0.39 is 23.9 Å². The summed E-state index contributed by atoms with van der Waals surface area (Å²) in [6, 6.07) is 0. The monoisotopic (exact) mass is 299 g/mol. The molecule has 7 heteroatoms. The summed E-state index contributed by atoms with van der Waals surface area (Å²) in [6.45, 7) is 8.17. The molecule has 7 nitrogen and oxygen atoms in total. The summed E-state index contributed by atoms with van der Waals surface area (Å²) >= 11 is 0. The molecular weight excluding hydrogens is 274 g/mol. The number of ether oxygens (including phenoxy) is 1. The molecule has 0 aliphatic rings. The zero-order valence-electron chi connectivity index (χ0n) is 13.0. The number of aryl methyl sites for hydroxylation is 1. The van der Waals surface area contributed by atoms with Crippen LogP contribution in [0.2, 0.25) is 0 Å². The van der Waals surface area contributed by atoms with Gasteiger partial charge in [-0.25, -0.2) is 4.79 Å². The molecule has 0 spiro atoms. The Hall–Kier alpha value is -1.60. The van der Waals surface area contributed by atoms with Crippen LogP contribution in [0, 0.1) is 0 Å². The number of hydrogen-bond donors (Lipinski definition) is 3. The van der Waals surface area contributed by atoms with Crippen LogP contribution in [-0.2, 0) is 11.3 Å². The lowest BCUT2D eigenvalue weighted by atomic mass is 10.1.